The number of rotatable bonds is 16. The Kier molecular flexibility index (Phi) is 11.6. The molecule has 4 unspecified atom stereocenters. The smallest absolute Gasteiger partial charge is 0.326 e. The minimum Gasteiger partial charge on any atom is -0.508 e. The Morgan fingerprint density at radius 2 is 1.43 bits per heavy atom. The molecule has 0 aliphatic rings. The molecule has 0 saturated carbocycles. The minimum absolute atomic E-state index is 0.0320. The van der Waals surface area contributed by atoms with Gasteiger partial charge in [0.25, 0.3) is 0 Å². The molecule has 1 aromatic heterocycles. The van der Waals surface area contributed by atoms with E-state index in [4.69, 9.17) is 15.9 Å². The summed E-state index contributed by atoms with van der Waals surface area (Å²) in [7, 11) is 0. The normalized spacial score (nSPS) is 13.7. The van der Waals surface area contributed by atoms with E-state index in [0.29, 0.717) is 11.3 Å². The topological polar surface area (TPSA) is 274 Å². The first-order valence-corrected chi connectivity index (χ1v) is 11.9. The highest BCUT2D eigenvalue weighted by Crippen LogP contribution is 2.12. The third-order valence-corrected chi connectivity index (χ3v) is 5.61. The Hall–Kier alpha value is -4.99. The summed E-state index contributed by atoms with van der Waals surface area (Å²) in [6, 6.07) is -0.193. The van der Waals surface area contributed by atoms with E-state index in [0.717, 1.165) is 0 Å². The summed E-state index contributed by atoms with van der Waals surface area (Å²) in [4.78, 5) is 79.0. The number of nitrogens with two attached hydrogens (primary N) is 1. The van der Waals surface area contributed by atoms with Gasteiger partial charge < -0.3 is 47.1 Å². The molecule has 4 atom stereocenters. The molecule has 3 amide bonds. The molecular weight excluding hydrogens is 532 g/mol. The predicted molar refractivity (Wildman–Crippen MR) is 135 cm³/mol. The lowest BCUT2D eigenvalue weighted by Gasteiger charge is -2.25. The number of amides is 3. The van der Waals surface area contributed by atoms with Crippen LogP contribution in [0.1, 0.15) is 30.5 Å². The van der Waals surface area contributed by atoms with Gasteiger partial charge in [0.1, 0.15) is 23.9 Å². The summed E-state index contributed by atoms with van der Waals surface area (Å²) in [5, 5.41) is 43.9. The second-order valence-corrected chi connectivity index (χ2v) is 8.81. The number of benzene rings is 1. The zero-order valence-corrected chi connectivity index (χ0v) is 21.1. The molecule has 0 saturated heterocycles. The van der Waals surface area contributed by atoms with Crippen molar-refractivity contribution in [1.82, 2.24) is 25.9 Å². The standard InChI is InChI=1S/C24H30N6O10/c25-15(9-20(34)35)21(36)28-16(5-6-19(32)33)22(37)29-17(8-13-10-26-11-27-13)23(38)30-18(24(39)40)7-12-1-3-14(31)4-2-12/h1-4,10-11,15-18,31H,5-9,25H2,(H,26,27)(H,28,36)(H,29,37)(H,30,38)(H,32,33)(H,34,35)(H,39,40). The number of carbonyl (C=O) groups excluding carboxylic acids is 3. The molecule has 1 aromatic carbocycles. The zero-order chi connectivity index (χ0) is 29.8. The Balaban J connectivity index is 2.23. The molecule has 216 valence electrons. The van der Waals surface area contributed by atoms with Crippen LogP contribution in [0, 0.1) is 0 Å². The number of nitrogens with one attached hydrogen (secondary N) is 4. The van der Waals surface area contributed by atoms with Gasteiger partial charge in [-0.3, -0.25) is 24.0 Å². The number of nitrogens with zero attached hydrogens (tertiary/aromatic N) is 1. The third-order valence-electron chi connectivity index (χ3n) is 5.61. The fraction of sp³-hybridized carbons (Fsp3) is 0.375. The Morgan fingerprint density at radius 1 is 0.825 bits per heavy atom. The van der Waals surface area contributed by atoms with E-state index >= 15 is 0 Å². The fourth-order valence-electron chi connectivity index (χ4n) is 3.53. The van der Waals surface area contributed by atoms with Gasteiger partial charge in [0, 0.05) is 31.2 Å². The lowest BCUT2D eigenvalue weighted by Crippen LogP contribution is -2.58. The van der Waals surface area contributed by atoms with E-state index in [9.17, 15) is 39.0 Å². The zero-order valence-electron chi connectivity index (χ0n) is 21.1. The molecule has 0 aliphatic heterocycles. The predicted octanol–water partition coefficient (Wildman–Crippen LogP) is -1.89. The number of aromatic nitrogens is 2. The number of phenolic OH excluding ortho intramolecular Hbond substituents is 1. The number of carbonyl (C=O) groups is 6. The van der Waals surface area contributed by atoms with E-state index in [1.807, 2.05) is 0 Å². The van der Waals surface area contributed by atoms with Crippen LogP contribution in [-0.2, 0) is 41.6 Å². The maximum absolute atomic E-state index is 13.2. The molecule has 1 heterocycles. The molecule has 2 rings (SSSR count). The van der Waals surface area contributed by atoms with Crippen LogP contribution in [0.4, 0.5) is 0 Å². The van der Waals surface area contributed by atoms with Crippen LogP contribution < -0.4 is 21.7 Å². The van der Waals surface area contributed by atoms with Crippen LogP contribution in [0.25, 0.3) is 0 Å². The van der Waals surface area contributed by atoms with Gasteiger partial charge in [-0.2, -0.15) is 0 Å². The van der Waals surface area contributed by atoms with E-state index in [-0.39, 0.29) is 18.6 Å². The van der Waals surface area contributed by atoms with Crippen LogP contribution in [0.15, 0.2) is 36.8 Å². The summed E-state index contributed by atoms with van der Waals surface area (Å²) in [5.41, 5.74) is 6.42. The minimum atomic E-state index is -1.53. The number of aromatic hydroxyl groups is 1. The monoisotopic (exact) mass is 562 g/mol. The highest BCUT2D eigenvalue weighted by molar-refractivity contribution is 5.95. The first-order valence-electron chi connectivity index (χ1n) is 11.9. The molecule has 40 heavy (non-hydrogen) atoms. The van der Waals surface area contributed by atoms with E-state index < -0.39 is 79.1 Å². The Morgan fingerprint density at radius 3 is 1.98 bits per heavy atom. The summed E-state index contributed by atoms with van der Waals surface area (Å²) < 4.78 is 0. The molecule has 16 nitrogen and oxygen atoms in total. The van der Waals surface area contributed by atoms with E-state index in [1.54, 1.807) is 0 Å². The van der Waals surface area contributed by atoms with Gasteiger partial charge in [-0.1, -0.05) is 12.1 Å². The number of H-pyrrole nitrogens is 1. The molecule has 0 radical (unpaired) electrons. The molecule has 0 spiro atoms. The number of hydrogen-bond donors (Lipinski definition) is 9. The first kappa shape index (κ1) is 31.2. The summed E-state index contributed by atoms with van der Waals surface area (Å²) >= 11 is 0. The van der Waals surface area contributed by atoms with Crippen molar-refractivity contribution < 1.29 is 49.2 Å². The van der Waals surface area contributed by atoms with Crippen molar-refractivity contribution in [1.29, 1.82) is 0 Å². The van der Waals surface area contributed by atoms with Gasteiger partial charge >= 0.3 is 17.9 Å². The van der Waals surface area contributed by atoms with E-state index in [1.165, 1.54) is 36.8 Å². The van der Waals surface area contributed by atoms with Crippen LogP contribution in [0.5, 0.6) is 5.75 Å². The first-order chi connectivity index (χ1) is 18.8. The molecule has 10 N–H and O–H groups in total. The number of carboxylic acid groups (broad SMARTS) is 3. The number of aliphatic carboxylic acids is 3. The van der Waals surface area contributed by atoms with Crippen molar-refractivity contribution >= 4 is 35.6 Å². The molecule has 0 aliphatic carbocycles. The van der Waals surface area contributed by atoms with Crippen LogP contribution in [0.2, 0.25) is 0 Å². The second kappa shape index (κ2) is 14.8. The summed E-state index contributed by atoms with van der Waals surface area (Å²) in [6.45, 7) is 0. The highest BCUT2D eigenvalue weighted by Gasteiger charge is 2.31. The van der Waals surface area contributed by atoms with Gasteiger partial charge in [-0.05, 0) is 24.1 Å². The molecule has 0 fully saturated rings. The van der Waals surface area contributed by atoms with Crippen LogP contribution in [-0.4, -0.2) is 90.2 Å². The lowest BCUT2D eigenvalue weighted by molar-refractivity contribution is -0.142. The number of hydrogen-bond acceptors (Lipinski definition) is 9. The summed E-state index contributed by atoms with van der Waals surface area (Å²) in [5.74, 6) is -6.97. The SMILES string of the molecule is NC(CC(=O)O)C(=O)NC(CCC(=O)O)C(=O)NC(Cc1cnc[nH]1)C(=O)NC(Cc1ccc(O)cc1)C(=O)O. The average Bonchev–Trinajstić information content (AvgIpc) is 3.39. The van der Waals surface area contributed by atoms with Crippen LogP contribution >= 0.6 is 0 Å². The van der Waals surface area contributed by atoms with Crippen molar-refractivity contribution in [2.24, 2.45) is 5.73 Å². The van der Waals surface area contributed by atoms with Gasteiger partial charge in [-0.15, -0.1) is 0 Å². The van der Waals surface area contributed by atoms with Crippen molar-refractivity contribution in [2.75, 3.05) is 0 Å². The third kappa shape index (κ3) is 10.4. The van der Waals surface area contributed by atoms with Crippen molar-refractivity contribution in [3.05, 3.63) is 48.0 Å². The highest BCUT2D eigenvalue weighted by atomic mass is 16.4. The molecule has 0 bridgehead atoms. The number of aromatic amines is 1. The van der Waals surface area contributed by atoms with Crippen molar-refractivity contribution in [3.63, 3.8) is 0 Å². The van der Waals surface area contributed by atoms with Crippen molar-refractivity contribution in [3.8, 4) is 5.75 Å². The fourth-order valence-corrected chi connectivity index (χ4v) is 3.53. The number of phenols is 1. The molecular formula is C24H30N6O10. The number of imidazole rings is 1. The van der Waals surface area contributed by atoms with Gasteiger partial charge in [0.2, 0.25) is 17.7 Å². The molecule has 16 heteroatoms. The van der Waals surface area contributed by atoms with E-state index in [2.05, 4.69) is 25.9 Å². The van der Waals surface area contributed by atoms with Crippen LogP contribution in [0.3, 0.4) is 0 Å². The largest absolute Gasteiger partial charge is 0.508 e. The Bertz CT molecular complexity index is 1200. The average molecular weight is 563 g/mol. The van der Waals surface area contributed by atoms with Gasteiger partial charge in [0.15, 0.2) is 0 Å². The summed E-state index contributed by atoms with van der Waals surface area (Å²) in [6.07, 6.45) is 0.637. The maximum atomic E-state index is 13.2. The second-order valence-electron chi connectivity index (χ2n) is 8.81. The number of carboxylic acids is 3. The Labute approximate surface area is 227 Å². The molecule has 2 aromatic rings. The van der Waals surface area contributed by atoms with Gasteiger partial charge in [0.05, 0.1) is 18.8 Å². The lowest BCUT2D eigenvalue weighted by atomic mass is 10.0. The van der Waals surface area contributed by atoms with Gasteiger partial charge in [-0.25, -0.2) is 9.78 Å². The van der Waals surface area contributed by atoms with Crippen molar-refractivity contribution in [2.45, 2.75) is 56.3 Å². The quantitative estimate of drug-likeness (QED) is 0.109. The maximum Gasteiger partial charge on any atom is 0.326 e.